The number of amides is 2. The minimum atomic E-state index is -0.976. The summed E-state index contributed by atoms with van der Waals surface area (Å²) in [6.45, 7) is -0.232. The number of hydrogen-bond acceptors (Lipinski definition) is 7. The minimum absolute atomic E-state index is 0.0570. The highest BCUT2D eigenvalue weighted by molar-refractivity contribution is 9.10. The van der Waals surface area contributed by atoms with Crippen LogP contribution >= 0.6 is 15.9 Å². The SMILES string of the molecule is NC(=O)OCc1cccc(NC(=O)c2nc(Br)cnc2N)c1O. The molecule has 0 aliphatic heterocycles. The third-order valence-electron chi connectivity index (χ3n) is 2.72. The van der Waals surface area contributed by atoms with Gasteiger partial charge in [0.15, 0.2) is 11.5 Å². The monoisotopic (exact) mass is 381 g/mol. The van der Waals surface area contributed by atoms with Gasteiger partial charge in [-0.05, 0) is 22.0 Å². The fourth-order valence-corrected chi connectivity index (χ4v) is 1.96. The van der Waals surface area contributed by atoms with Gasteiger partial charge in [-0.15, -0.1) is 0 Å². The number of hydrogen-bond donors (Lipinski definition) is 4. The van der Waals surface area contributed by atoms with E-state index in [9.17, 15) is 14.7 Å². The van der Waals surface area contributed by atoms with Gasteiger partial charge in [-0.2, -0.15) is 0 Å². The second-order valence-electron chi connectivity index (χ2n) is 4.30. The summed E-state index contributed by atoms with van der Waals surface area (Å²) in [7, 11) is 0. The first-order valence-corrected chi connectivity index (χ1v) is 7.00. The largest absolute Gasteiger partial charge is 0.505 e. The summed E-state index contributed by atoms with van der Waals surface area (Å²) in [4.78, 5) is 30.5. The molecule has 0 bridgehead atoms. The van der Waals surface area contributed by atoms with Crippen molar-refractivity contribution in [3.05, 3.63) is 40.3 Å². The number of nitrogens with zero attached hydrogens (tertiary/aromatic N) is 2. The lowest BCUT2D eigenvalue weighted by Crippen LogP contribution is -2.17. The molecule has 1 heterocycles. The molecule has 23 heavy (non-hydrogen) atoms. The zero-order valence-corrected chi connectivity index (χ0v) is 13.2. The lowest BCUT2D eigenvalue weighted by atomic mass is 10.1. The third-order valence-corrected chi connectivity index (χ3v) is 3.11. The van der Waals surface area contributed by atoms with Crippen LogP contribution in [0.4, 0.5) is 16.3 Å². The van der Waals surface area contributed by atoms with Gasteiger partial charge >= 0.3 is 6.09 Å². The average molecular weight is 382 g/mol. The molecule has 0 fully saturated rings. The number of halogens is 1. The number of phenolic OH excluding ortho intramolecular Hbond substituents is 1. The molecule has 2 amide bonds. The van der Waals surface area contributed by atoms with Gasteiger partial charge < -0.3 is 26.6 Å². The standard InChI is InChI=1S/C13H12BrN5O4/c14-8-4-17-11(15)9(19-8)12(21)18-7-3-1-2-6(10(7)20)5-23-13(16)22/h1-4,20H,5H2,(H2,15,17)(H2,16,22)(H,18,21). The van der Waals surface area contributed by atoms with Gasteiger partial charge in [0.05, 0.1) is 11.9 Å². The van der Waals surface area contributed by atoms with Crippen LogP contribution < -0.4 is 16.8 Å². The molecule has 9 nitrogen and oxygen atoms in total. The zero-order chi connectivity index (χ0) is 17.0. The van der Waals surface area contributed by atoms with E-state index in [2.05, 4.69) is 36.0 Å². The van der Waals surface area contributed by atoms with Crippen molar-refractivity contribution in [1.29, 1.82) is 0 Å². The van der Waals surface area contributed by atoms with Gasteiger partial charge in [-0.3, -0.25) is 4.79 Å². The summed E-state index contributed by atoms with van der Waals surface area (Å²) >= 11 is 3.09. The van der Waals surface area contributed by atoms with Crippen LogP contribution in [0.1, 0.15) is 16.1 Å². The Kier molecular flexibility index (Phi) is 4.96. The molecule has 0 spiro atoms. The lowest BCUT2D eigenvalue weighted by molar-refractivity contribution is 0.102. The van der Waals surface area contributed by atoms with Crippen molar-refractivity contribution in [3.63, 3.8) is 0 Å². The molecule has 6 N–H and O–H groups in total. The van der Waals surface area contributed by atoms with Crippen LogP contribution in [0.3, 0.4) is 0 Å². The van der Waals surface area contributed by atoms with Crippen molar-refractivity contribution in [1.82, 2.24) is 9.97 Å². The van der Waals surface area contributed by atoms with E-state index in [-0.39, 0.29) is 35.1 Å². The molecule has 0 atom stereocenters. The van der Waals surface area contributed by atoms with Gasteiger partial charge in [-0.25, -0.2) is 14.8 Å². The number of carbonyl (C=O) groups is 2. The maximum atomic E-state index is 12.2. The molecule has 1 aromatic heterocycles. The first kappa shape index (κ1) is 16.5. The molecule has 0 aliphatic carbocycles. The summed E-state index contributed by atoms with van der Waals surface area (Å²) in [6.07, 6.45) is 0.377. The molecule has 0 aliphatic rings. The van der Waals surface area contributed by atoms with Gasteiger partial charge in [0, 0.05) is 5.56 Å². The van der Waals surface area contributed by atoms with Crippen LogP contribution in [0.5, 0.6) is 5.75 Å². The number of nitrogens with two attached hydrogens (primary N) is 2. The van der Waals surface area contributed by atoms with Gasteiger partial charge in [-0.1, -0.05) is 12.1 Å². The molecule has 1 aromatic carbocycles. The van der Waals surface area contributed by atoms with Crippen LogP contribution in [0, 0.1) is 0 Å². The van der Waals surface area contributed by atoms with Gasteiger partial charge in [0.25, 0.3) is 5.91 Å². The van der Waals surface area contributed by atoms with E-state index in [4.69, 9.17) is 11.5 Å². The Morgan fingerprint density at radius 1 is 1.39 bits per heavy atom. The third kappa shape index (κ3) is 4.07. The van der Waals surface area contributed by atoms with Crippen LogP contribution in [-0.4, -0.2) is 27.1 Å². The normalized spacial score (nSPS) is 10.1. The fourth-order valence-electron chi connectivity index (χ4n) is 1.68. The second-order valence-corrected chi connectivity index (χ2v) is 5.11. The van der Waals surface area contributed by atoms with E-state index < -0.39 is 12.0 Å². The second kappa shape index (κ2) is 6.92. The van der Waals surface area contributed by atoms with Crippen molar-refractivity contribution in [3.8, 4) is 5.75 Å². The fraction of sp³-hybridized carbons (Fsp3) is 0.0769. The predicted octanol–water partition coefficient (Wildman–Crippen LogP) is 1.37. The summed E-state index contributed by atoms with van der Waals surface area (Å²) < 4.78 is 4.94. The number of para-hydroxylation sites is 1. The van der Waals surface area contributed by atoms with Crippen LogP contribution in [-0.2, 0) is 11.3 Å². The number of primary amides is 1. The molecule has 120 valence electrons. The van der Waals surface area contributed by atoms with Gasteiger partial charge in [0.1, 0.15) is 17.0 Å². The maximum Gasteiger partial charge on any atom is 0.404 e. The lowest BCUT2D eigenvalue weighted by Gasteiger charge is -2.11. The molecule has 0 saturated carbocycles. The molecular weight excluding hydrogens is 370 g/mol. The Balaban J connectivity index is 2.22. The highest BCUT2D eigenvalue weighted by Crippen LogP contribution is 2.28. The van der Waals surface area contributed by atoms with Crippen molar-refractivity contribution >= 4 is 39.4 Å². The Bertz CT molecular complexity index is 768. The van der Waals surface area contributed by atoms with E-state index in [1.165, 1.54) is 18.3 Å². The highest BCUT2D eigenvalue weighted by atomic mass is 79.9. The molecule has 2 rings (SSSR count). The number of nitrogens with one attached hydrogen (secondary N) is 1. The smallest absolute Gasteiger partial charge is 0.404 e. The van der Waals surface area contributed by atoms with Crippen molar-refractivity contribution in [2.24, 2.45) is 5.73 Å². The number of aromatic hydroxyl groups is 1. The number of aromatic nitrogens is 2. The van der Waals surface area contributed by atoms with E-state index in [0.717, 1.165) is 0 Å². The maximum absolute atomic E-state index is 12.2. The summed E-state index contributed by atoms with van der Waals surface area (Å²) in [5.41, 5.74) is 10.7. The van der Waals surface area contributed by atoms with Crippen molar-refractivity contribution in [2.75, 3.05) is 11.1 Å². The Morgan fingerprint density at radius 3 is 2.83 bits per heavy atom. The minimum Gasteiger partial charge on any atom is -0.505 e. The number of anilines is 2. The van der Waals surface area contributed by atoms with Gasteiger partial charge in [0.2, 0.25) is 0 Å². The van der Waals surface area contributed by atoms with Crippen molar-refractivity contribution < 1.29 is 19.4 Å². The number of ether oxygens (including phenoxy) is 1. The Labute approximate surface area is 138 Å². The molecule has 0 unspecified atom stereocenters. The van der Waals surface area contributed by atoms with Crippen LogP contribution in [0.25, 0.3) is 0 Å². The van der Waals surface area contributed by atoms with Crippen LogP contribution in [0.15, 0.2) is 29.0 Å². The molecular formula is C13H12BrN5O4. The zero-order valence-electron chi connectivity index (χ0n) is 11.6. The molecule has 10 heteroatoms. The summed E-state index contributed by atoms with van der Waals surface area (Å²) in [6, 6.07) is 4.54. The van der Waals surface area contributed by atoms with E-state index in [0.29, 0.717) is 4.60 Å². The first-order chi connectivity index (χ1) is 10.9. The number of carbonyl (C=O) groups excluding carboxylic acids is 2. The average Bonchev–Trinajstić information content (AvgIpc) is 2.50. The Hall–Kier alpha value is -2.88. The molecule has 2 aromatic rings. The van der Waals surface area contributed by atoms with Crippen molar-refractivity contribution in [2.45, 2.75) is 6.61 Å². The number of nitrogen functional groups attached to an aromatic ring is 1. The summed E-state index contributed by atoms with van der Waals surface area (Å²) in [5.74, 6) is -0.971. The summed E-state index contributed by atoms with van der Waals surface area (Å²) in [5, 5.41) is 12.6. The van der Waals surface area contributed by atoms with E-state index >= 15 is 0 Å². The van der Waals surface area contributed by atoms with Crippen LogP contribution in [0.2, 0.25) is 0 Å². The number of phenols is 1. The number of rotatable bonds is 4. The van der Waals surface area contributed by atoms with E-state index in [1.54, 1.807) is 6.07 Å². The highest BCUT2D eigenvalue weighted by Gasteiger charge is 2.16. The topological polar surface area (TPSA) is 153 Å². The number of benzene rings is 1. The van der Waals surface area contributed by atoms with E-state index in [1.807, 2.05) is 0 Å². The predicted molar refractivity (Wildman–Crippen MR) is 84.6 cm³/mol. The molecule has 0 radical (unpaired) electrons. The first-order valence-electron chi connectivity index (χ1n) is 6.21. The Morgan fingerprint density at radius 2 is 2.13 bits per heavy atom. The molecule has 0 saturated heterocycles. The quantitative estimate of drug-likeness (QED) is 0.583.